The van der Waals surface area contributed by atoms with E-state index in [-0.39, 0.29) is 18.4 Å². The number of methoxy groups -OCH3 is 1. The van der Waals surface area contributed by atoms with Gasteiger partial charge in [0.2, 0.25) is 5.91 Å². The summed E-state index contributed by atoms with van der Waals surface area (Å²) in [6.07, 6.45) is 0.747. The van der Waals surface area contributed by atoms with Crippen molar-refractivity contribution in [2.45, 2.75) is 13.0 Å². The van der Waals surface area contributed by atoms with Crippen molar-refractivity contribution < 1.29 is 19.1 Å². The molecule has 0 aliphatic carbocycles. The van der Waals surface area contributed by atoms with Gasteiger partial charge >= 0.3 is 0 Å². The second-order valence-corrected chi connectivity index (χ2v) is 7.36. The minimum Gasteiger partial charge on any atom is -0.487 e. The van der Waals surface area contributed by atoms with Crippen molar-refractivity contribution in [1.82, 2.24) is 5.32 Å². The van der Waals surface area contributed by atoms with E-state index in [1.807, 2.05) is 54.6 Å². The Labute approximate surface area is 194 Å². The van der Waals surface area contributed by atoms with Crippen LogP contribution in [0.2, 0.25) is 0 Å². The van der Waals surface area contributed by atoms with Crippen LogP contribution in [0.1, 0.15) is 22.3 Å². The first-order chi connectivity index (χ1) is 16.2. The predicted octanol–water partition coefficient (Wildman–Crippen LogP) is 4.08. The smallest absolute Gasteiger partial charge is 0.251 e. The maximum Gasteiger partial charge on any atom is 0.251 e. The molecule has 3 aromatic rings. The highest BCUT2D eigenvalue weighted by Crippen LogP contribution is 2.24. The molecule has 3 aromatic carbocycles. The number of benzene rings is 3. The van der Waals surface area contributed by atoms with Crippen LogP contribution in [0.5, 0.6) is 5.75 Å². The van der Waals surface area contributed by atoms with Gasteiger partial charge in [-0.1, -0.05) is 48.5 Å². The van der Waals surface area contributed by atoms with Crippen molar-refractivity contribution in [3.8, 4) is 5.75 Å². The Morgan fingerprint density at radius 2 is 1.70 bits per heavy atom. The van der Waals surface area contributed by atoms with Gasteiger partial charge in [0.25, 0.3) is 5.91 Å². The molecule has 0 bridgehead atoms. The average Bonchev–Trinajstić information content (AvgIpc) is 2.85. The quantitative estimate of drug-likeness (QED) is 0.364. The van der Waals surface area contributed by atoms with E-state index in [1.165, 1.54) is 0 Å². The van der Waals surface area contributed by atoms with E-state index in [0.717, 1.165) is 12.0 Å². The number of hydrogen-bond acceptors (Lipinski definition) is 5. The molecule has 0 aliphatic rings. The van der Waals surface area contributed by atoms with Gasteiger partial charge in [-0.05, 0) is 42.3 Å². The van der Waals surface area contributed by atoms with Crippen LogP contribution in [0, 0.1) is 0 Å². The average molecular weight is 448 g/mol. The Hall–Kier alpha value is -3.84. The van der Waals surface area contributed by atoms with Gasteiger partial charge in [-0.2, -0.15) is 0 Å². The molecule has 0 saturated heterocycles. The summed E-state index contributed by atoms with van der Waals surface area (Å²) >= 11 is 0. The van der Waals surface area contributed by atoms with Crippen LogP contribution in [0.25, 0.3) is 0 Å². The van der Waals surface area contributed by atoms with E-state index in [9.17, 15) is 9.59 Å². The number of carbonyl (C=O) groups excluding carboxylic acids is 2. The standard InChI is InChI=1S/C26H29N3O4/c1-32-16-8-15-27-26(31)21-11-7-12-22(17-21)28-18-25(30)29-23-13-5-6-14-24(23)33-19-20-9-3-2-4-10-20/h2-7,9-14,17,28H,8,15-16,18-19H2,1H3,(H,27,31)(H,29,30). The first-order valence-corrected chi connectivity index (χ1v) is 10.8. The van der Waals surface area contributed by atoms with Gasteiger partial charge in [0.15, 0.2) is 0 Å². The first-order valence-electron chi connectivity index (χ1n) is 10.8. The molecule has 0 aromatic heterocycles. The lowest BCUT2D eigenvalue weighted by atomic mass is 10.2. The highest BCUT2D eigenvalue weighted by molar-refractivity contribution is 5.96. The lowest BCUT2D eigenvalue weighted by Gasteiger charge is -2.13. The molecule has 0 radical (unpaired) electrons. The normalized spacial score (nSPS) is 10.3. The molecule has 7 nitrogen and oxygen atoms in total. The fourth-order valence-electron chi connectivity index (χ4n) is 3.10. The molecule has 0 unspecified atom stereocenters. The third-order valence-electron chi connectivity index (χ3n) is 4.79. The highest BCUT2D eigenvalue weighted by Gasteiger charge is 2.09. The number of nitrogens with one attached hydrogen (secondary N) is 3. The highest BCUT2D eigenvalue weighted by atomic mass is 16.5. The van der Waals surface area contributed by atoms with Crippen LogP contribution in [-0.4, -0.2) is 38.6 Å². The molecule has 0 saturated carbocycles. The van der Waals surface area contributed by atoms with Gasteiger partial charge in [0.05, 0.1) is 12.2 Å². The summed E-state index contributed by atoms with van der Waals surface area (Å²) in [7, 11) is 1.63. The number of amides is 2. The van der Waals surface area contributed by atoms with E-state index in [0.29, 0.717) is 42.4 Å². The molecule has 172 valence electrons. The largest absolute Gasteiger partial charge is 0.487 e. The molecular weight excluding hydrogens is 418 g/mol. The second kappa shape index (κ2) is 12.9. The van der Waals surface area contributed by atoms with Crippen LogP contribution >= 0.6 is 0 Å². The summed E-state index contributed by atoms with van der Waals surface area (Å²) in [5.74, 6) is 0.214. The Bertz CT molecular complexity index is 1040. The van der Waals surface area contributed by atoms with Crippen molar-refractivity contribution in [2.75, 3.05) is 37.4 Å². The molecule has 2 amide bonds. The van der Waals surface area contributed by atoms with Gasteiger partial charge in [-0.15, -0.1) is 0 Å². The Morgan fingerprint density at radius 1 is 0.909 bits per heavy atom. The van der Waals surface area contributed by atoms with Crippen LogP contribution in [0.4, 0.5) is 11.4 Å². The molecule has 3 rings (SSSR count). The summed E-state index contributed by atoms with van der Waals surface area (Å²) in [5.41, 5.74) is 2.85. The van der Waals surface area contributed by atoms with Gasteiger partial charge < -0.3 is 25.4 Å². The molecule has 33 heavy (non-hydrogen) atoms. The van der Waals surface area contributed by atoms with Crippen LogP contribution in [0.3, 0.4) is 0 Å². The van der Waals surface area contributed by atoms with E-state index in [1.54, 1.807) is 31.4 Å². The van der Waals surface area contributed by atoms with Crippen LogP contribution < -0.4 is 20.7 Å². The fourth-order valence-corrected chi connectivity index (χ4v) is 3.10. The molecule has 0 spiro atoms. The minimum absolute atomic E-state index is 0.0476. The molecular formula is C26H29N3O4. The number of rotatable bonds is 12. The number of para-hydroxylation sites is 2. The Morgan fingerprint density at radius 3 is 2.52 bits per heavy atom. The van der Waals surface area contributed by atoms with E-state index >= 15 is 0 Å². The fraction of sp³-hybridized carbons (Fsp3) is 0.231. The van der Waals surface area contributed by atoms with Crippen molar-refractivity contribution in [3.63, 3.8) is 0 Å². The minimum atomic E-state index is -0.222. The molecule has 7 heteroatoms. The maximum atomic E-state index is 12.5. The van der Waals surface area contributed by atoms with Crippen LogP contribution in [-0.2, 0) is 16.1 Å². The second-order valence-electron chi connectivity index (χ2n) is 7.36. The molecule has 0 aliphatic heterocycles. The first kappa shape index (κ1) is 23.8. The number of anilines is 2. The number of carbonyl (C=O) groups is 2. The van der Waals surface area contributed by atoms with Crippen molar-refractivity contribution >= 4 is 23.2 Å². The third kappa shape index (κ3) is 7.97. The van der Waals surface area contributed by atoms with Gasteiger partial charge in [-0.25, -0.2) is 0 Å². The van der Waals surface area contributed by atoms with Gasteiger partial charge in [0, 0.05) is 31.5 Å². The summed E-state index contributed by atoms with van der Waals surface area (Å²) in [6.45, 7) is 1.59. The van der Waals surface area contributed by atoms with Crippen molar-refractivity contribution in [1.29, 1.82) is 0 Å². The van der Waals surface area contributed by atoms with Crippen LogP contribution in [0.15, 0.2) is 78.9 Å². The topological polar surface area (TPSA) is 88.7 Å². The zero-order valence-electron chi connectivity index (χ0n) is 18.7. The Kier molecular flexibility index (Phi) is 9.29. The van der Waals surface area contributed by atoms with E-state index in [2.05, 4.69) is 16.0 Å². The molecule has 0 heterocycles. The summed E-state index contributed by atoms with van der Waals surface area (Å²) in [5, 5.41) is 8.79. The molecule has 0 fully saturated rings. The van der Waals surface area contributed by atoms with Crippen molar-refractivity contribution in [2.24, 2.45) is 0 Å². The third-order valence-corrected chi connectivity index (χ3v) is 4.79. The van der Waals surface area contributed by atoms with E-state index in [4.69, 9.17) is 9.47 Å². The molecule has 3 N–H and O–H groups in total. The van der Waals surface area contributed by atoms with Gasteiger partial charge in [-0.3, -0.25) is 9.59 Å². The van der Waals surface area contributed by atoms with E-state index < -0.39 is 0 Å². The lowest BCUT2D eigenvalue weighted by Crippen LogP contribution is -2.25. The number of hydrogen-bond donors (Lipinski definition) is 3. The summed E-state index contributed by atoms with van der Waals surface area (Å²) < 4.78 is 10.9. The predicted molar refractivity (Wildman–Crippen MR) is 130 cm³/mol. The SMILES string of the molecule is COCCCNC(=O)c1cccc(NCC(=O)Nc2ccccc2OCc2ccccc2)c1. The maximum absolute atomic E-state index is 12.5. The van der Waals surface area contributed by atoms with Crippen molar-refractivity contribution in [3.05, 3.63) is 90.0 Å². The van der Waals surface area contributed by atoms with Gasteiger partial charge in [0.1, 0.15) is 12.4 Å². The molecule has 0 atom stereocenters. The lowest BCUT2D eigenvalue weighted by molar-refractivity contribution is -0.114. The Balaban J connectivity index is 1.51. The zero-order valence-corrected chi connectivity index (χ0v) is 18.7. The monoisotopic (exact) mass is 447 g/mol. The summed E-state index contributed by atoms with van der Waals surface area (Å²) in [6, 6.07) is 24.2. The zero-order chi connectivity index (χ0) is 23.3. The summed E-state index contributed by atoms with van der Waals surface area (Å²) in [4.78, 5) is 24.8. The number of ether oxygens (including phenoxy) is 2.